The lowest BCUT2D eigenvalue weighted by molar-refractivity contribution is 0.625. The van der Waals surface area contributed by atoms with E-state index in [1.807, 2.05) is 14.0 Å². The summed E-state index contributed by atoms with van der Waals surface area (Å²) < 4.78 is 14.6. The molecule has 0 aliphatic rings. The average molecular weight is 307 g/mol. The van der Waals surface area contributed by atoms with Gasteiger partial charge in [0, 0.05) is 19.0 Å². The first-order chi connectivity index (χ1) is 7.57. The van der Waals surface area contributed by atoms with Gasteiger partial charge in [-0.3, -0.25) is 5.10 Å². The van der Waals surface area contributed by atoms with Gasteiger partial charge in [-0.2, -0.15) is 5.10 Å². The Morgan fingerprint density at radius 3 is 2.94 bits per heavy atom. The molecule has 0 bridgehead atoms. The van der Waals surface area contributed by atoms with Gasteiger partial charge in [0.25, 0.3) is 0 Å². The van der Waals surface area contributed by atoms with E-state index in [1.165, 1.54) is 0 Å². The van der Waals surface area contributed by atoms with Gasteiger partial charge in [-0.25, -0.2) is 4.39 Å². The molecule has 0 saturated carbocycles. The standard InChI is InChI=1S/C10H10BrClFN3/c1-3-16(2)10-8(13)7(12)6(11)5-4-14-15-9(5)10/h4H,3H2,1-2H3,(H,14,15). The fraction of sp³-hybridized carbons (Fsp3) is 0.300. The minimum absolute atomic E-state index is 0.0872. The van der Waals surface area contributed by atoms with Gasteiger partial charge in [0.05, 0.1) is 21.2 Å². The Balaban J connectivity index is 2.85. The van der Waals surface area contributed by atoms with E-state index in [0.29, 0.717) is 22.2 Å². The summed E-state index contributed by atoms with van der Waals surface area (Å²) in [6, 6.07) is 0. The number of nitrogens with one attached hydrogen (secondary N) is 1. The Hall–Kier alpha value is -0.810. The number of hydrogen-bond acceptors (Lipinski definition) is 2. The highest BCUT2D eigenvalue weighted by molar-refractivity contribution is 9.10. The Morgan fingerprint density at radius 2 is 2.31 bits per heavy atom. The molecule has 0 fully saturated rings. The second-order valence-electron chi connectivity index (χ2n) is 3.46. The smallest absolute Gasteiger partial charge is 0.168 e. The average Bonchev–Trinajstić information content (AvgIpc) is 2.74. The van der Waals surface area contributed by atoms with E-state index in [4.69, 9.17) is 11.6 Å². The van der Waals surface area contributed by atoms with Gasteiger partial charge >= 0.3 is 0 Å². The topological polar surface area (TPSA) is 31.9 Å². The maximum Gasteiger partial charge on any atom is 0.168 e. The van der Waals surface area contributed by atoms with Crippen LogP contribution in [0, 0.1) is 5.82 Å². The molecule has 86 valence electrons. The van der Waals surface area contributed by atoms with Crippen molar-refractivity contribution in [2.75, 3.05) is 18.5 Å². The lowest BCUT2D eigenvalue weighted by Crippen LogP contribution is -2.18. The van der Waals surface area contributed by atoms with Crippen LogP contribution in [0.3, 0.4) is 0 Å². The predicted octanol–water partition coefficient (Wildman–Crippen LogP) is 3.57. The Bertz CT molecular complexity index is 540. The molecule has 1 N–H and O–H groups in total. The zero-order valence-corrected chi connectivity index (χ0v) is 11.2. The van der Waals surface area contributed by atoms with Crippen molar-refractivity contribution in [1.82, 2.24) is 10.2 Å². The highest BCUT2D eigenvalue weighted by atomic mass is 79.9. The van der Waals surface area contributed by atoms with E-state index in [2.05, 4.69) is 26.1 Å². The molecule has 0 saturated heterocycles. The molecule has 1 heterocycles. The number of anilines is 1. The van der Waals surface area contributed by atoms with Crippen LogP contribution in [0.5, 0.6) is 0 Å². The summed E-state index contributed by atoms with van der Waals surface area (Å²) in [5.41, 5.74) is 1.10. The van der Waals surface area contributed by atoms with E-state index in [1.54, 1.807) is 11.1 Å². The van der Waals surface area contributed by atoms with Crippen molar-refractivity contribution in [3.05, 3.63) is 21.5 Å². The molecule has 0 radical (unpaired) electrons. The van der Waals surface area contributed by atoms with Crippen molar-refractivity contribution >= 4 is 44.1 Å². The molecule has 2 rings (SSSR count). The van der Waals surface area contributed by atoms with Gasteiger partial charge in [0.2, 0.25) is 0 Å². The van der Waals surface area contributed by atoms with Gasteiger partial charge in [0.1, 0.15) is 5.69 Å². The van der Waals surface area contributed by atoms with Crippen LogP contribution in [-0.2, 0) is 0 Å². The minimum Gasteiger partial charge on any atom is -0.371 e. The van der Waals surface area contributed by atoms with Crippen LogP contribution in [0.4, 0.5) is 10.1 Å². The third-order valence-corrected chi connectivity index (χ3v) is 3.97. The molecule has 0 spiro atoms. The first-order valence-corrected chi connectivity index (χ1v) is 5.95. The summed E-state index contributed by atoms with van der Waals surface area (Å²) in [4.78, 5) is 1.79. The summed E-state index contributed by atoms with van der Waals surface area (Å²) in [5, 5.41) is 7.57. The van der Waals surface area contributed by atoms with Crippen LogP contribution < -0.4 is 4.90 Å². The lowest BCUT2D eigenvalue weighted by atomic mass is 10.2. The molecule has 16 heavy (non-hydrogen) atoms. The molecule has 2 aromatic rings. The van der Waals surface area contributed by atoms with Crippen LogP contribution >= 0.6 is 27.5 Å². The van der Waals surface area contributed by atoms with Crippen LogP contribution in [-0.4, -0.2) is 23.8 Å². The molecule has 0 atom stereocenters. The first-order valence-electron chi connectivity index (χ1n) is 4.78. The summed E-state index contributed by atoms with van der Waals surface area (Å²) in [7, 11) is 1.81. The van der Waals surface area contributed by atoms with Crippen LogP contribution in [0.25, 0.3) is 10.9 Å². The summed E-state index contributed by atoms with van der Waals surface area (Å²) in [6.45, 7) is 2.63. The molecule has 1 aromatic carbocycles. The molecule has 0 aliphatic heterocycles. The van der Waals surface area contributed by atoms with Crippen molar-refractivity contribution in [2.24, 2.45) is 0 Å². The molecular weight excluding hydrogens is 296 g/mol. The predicted molar refractivity (Wildman–Crippen MR) is 67.7 cm³/mol. The minimum atomic E-state index is -0.436. The largest absolute Gasteiger partial charge is 0.371 e. The van der Waals surface area contributed by atoms with Gasteiger partial charge in [-0.1, -0.05) is 11.6 Å². The Labute approximate surface area is 106 Å². The van der Waals surface area contributed by atoms with Crippen molar-refractivity contribution in [2.45, 2.75) is 6.92 Å². The molecule has 0 amide bonds. The first kappa shape index (κ1) is 11.7. The highest BCUT2D eigenvalue weighted by Gasteiger charge is 2.20. The number of fused-ring (bicyclic) bond motifs is 1. The number of H-pyrrole nitrogens is 1. The number of rotatable bonds is 2. The second-order valence-corrected chi connectivity index (χ2v) is 4.63. The second kappa shape index (κ2) is 4.22. The van der Waals surface area contributed by atoms with E-state index in [-0.39, 0.29) is 5.02 Å². The monoisotopic (exact) mass is 305 g/mol. The molecule has 6 heteroatoms. The van der Waals surface area contributed by atoms with Gasteiger partial charge in [-0.05, 0) is 22.9 Å². The zero-order chi connectivity index (χ0) is 11.9. The summed E-state index contributed by atoms with van der Waals surface area (Å²) in [5.74, 6) is -0.436. The lowest BCUT2D eigenvalue weighted by Gasteiger charge is -2.19. The van der Waals surface area contributed by atoms with E-state index < -0.39 is 5.82 Å². The quantitative estimate of drug-likeness (QED) is 0.860. The number of halogens is 3. The van der Waals surface area contributed by atoms with Gasteiger partial charge in [-0.15, -0.1) is 0 Å². The third kappa shape index (κ3) is 1.58. The highest BCUT2D eigenvalue weighted by Crippen LogP contribution is 2.39. The van der Waals surface area contributed by atoms with Crippen LogP contribution in [0.1, 0.15) is 6.92 Å². The zero-order valence-electron chi connectivity index (χ0n) is 8.81. The Morgan fingerprint density at radius 1 is 1.62 bits per heavy atom. The molecule has 0 aliphatic carbocycles. The molecule has 1 aromatic heterocycles. The van der Waals surface area contributed by atoms with Crippen molar-refractivity contribution in [3.63, 3.8) is 0 Å². The van der Waals surface area contributed by atoms with E-state index in [0.717, 1.165) is 5.39 Å². The molecule has 3 nitrogen and oxygen atoms in total. The van der Waals surface area contributed by atoms with Crippen molar-refractivity contribution < 1.29 is 4.39 Å². The summed E-state index contributed by atoms with van der Waals surface area (Å²) >= 11 is 9.20. The van der Waals surface area contributed by atoms with E-state index >= 15 is 0 Å². The van der Waals surface area contributed by atoms with Gasteiger partial charge < -0.3 is 4.90 Å². The number of nitrogens with zero attached hydrogens (tertiary/aromatic N) is 2. The van der Waals surface area contributed by atoms with Crippen LogP contribution in [0.15, 0.2) is 10.7 Å². The number of aromatic amines is 1. The van der Waals surface area contributed by atoms with Crippen LogP contribution in [0.2, 0.25) is 5.02 Å². The maximum atomic E-state index is 14.1. The third-order valence-electron chi connectivity index (χ3n) is 2.56. The number of benzene rings is 1. The fourth-order valence-corrected chi connectivity index (χ4v) is 2.24. The van der Waals surface area contributed by atoms with Crippen molar-refractivity contribution in [1.29, 1.82) is 0 Å². The maximum absolute atomic E-state index is 14.1. The normalized spacial score (nSPS) is 11.1. The number of aromatic nitrogens is 2. The molecule has 0 unspecified atom stereocenters. The van der Waals surface area contributed by atoms with Crippen molar-refractivity contribution in [3.8, 4) is 0 Å². The van der Waals surface area contributed by atoms with E-state index in [9.17, 15) is 4.39 Å². The number of hydrogen-bond donors (Lipinski definition) is 1. The molecular formula is C10H10BrClFN3. The summed E-state index contributed by atoms with van der Waals surface area (Å²) in [6.07, 6.45) is 1.62. The fourth-order valence-electron chi connectivity index (χ4n) is 1.58. The Kier molecular flexibility index (Phi) is 3.08. The van der Waals surface area contributed by atoms with Gasteiger partial charge in [0.15, 0.2) is 5.82 Å². The SMILES string of the molecule is CCN(C)c1c(F)c(Cl)c(Br)c2cn[nH]c12.